The summed E-state index contributed by atoms with van der Waals surface area (Å²) in [4.78, 5) is 11.5. The lowest BCUT2D eigenvalue weighted by Crippen LogP contribution is -2.45. The first kappa shape index (κ1) is 23.6. The van der Waals surface area contributed by atoms with Crippen molar-refractivity contribution in [2.75, 3.05) is 33.0 Å². The lowest BCUT2D eigenvalue weighted by Gasteiger charge is -2.28. The summed E-state index contributed by atoms with van der Waals surface area (Å²) in [6.07, 6.45) is 8.53. The third-order valence-corrected chi connectivity index (χ3v) is 7.44. The van der Waals surface area contributed by atoms with Crippen molar-refractivity contribution in [1.29, 1.82) is 0 Å². The SMILES string of the molecule is CCO[Si](CCCCCCCCCC(=O)OCC1CO1)(OCC)OCC. The Morgan fingerprint density at radius 2 is 1.38 bits per heavy atom. The molecule has 154 valence electrons. The number of hydrogen-bond acceptors (Lipinski definition) is 6. The number of ether oxygens (including phenoxy) is 2. The molecule has 26 heavy (non-hydrogen) atoms. The van der Waals surface area contributed by atoms with Crippen molar-refractivity contribution < 1.29 is 27.5 Å². The molecule has 0 aromatic carbocycles. The van der Waals surface area contributed by atoms with Crippen LogP contribution in [0.1, 0.15) is 72.1 Å². The Labute approximate surface area is 160 Å². The van der Waals surface area contributed by atoms with Gasteiger partial charge in [-0.15, -0.1) is 0 Å². The largest absolute Gasteiger partial charge is 0.500 e. The van der Waals surface area contributed by atoms with E-state index >= 15 is 0 Å². The summed E-state index contributed by atoms with van der Waals surface area (Å²) in [6.45, 7) is 9.07. The van der Waals surface area contributed by atoms with Gasteiger partial charge in [0.05, 0.1) is 6.61 Å². The standard InChI is InChI=1S/C19H38O6Si/c1-4-23-26(24-5-2,25-6-3)15-13-11-9-7-8-10-12-14-19(20)22-17-18-16-21-18/h18H,4-17H2,1-3H3. The van der Waals surface area contributed by atoms with Crippen LogP contribution in [0.2, 0.25) is 6.04 Å². The minimum atomic E-state index is -2.46. The molecule has 1 fully saturated rings. The van der Waals surface area contributed by atoms with Crippen molar-refractivity contribution in [1.82, 2.24) is 0 Å². The second kappa shape index (κ2) is 14.6. The highest BCUT2D eigenvalue weighted by Gasteiger charge is 2.39. The summed E-state index contributed by atoms with van der Waals surface area (Å²) >= 11 is 0. The van der Waals surface area contributed by atoms with Gasteiger partial charge in [-0.05, 0) is 33.6 Å². The summed E-state index contributed by atoms with van der Waals surface area (Å²) in [5, 5.41) is 0. The zero-order valence-corrected chi connectivity index (χ0v) is 17.9. The summed E-state index contributed by atoms with van der Waals surface area (Å²) in [7, 11) is -2.46. The highest BCUT2D eigenvalue weighted by molar-refractivity contribution is 6.60. The molecule has 1 aliphatic rings. The first-order chi connectivity index (χ1) is 12.7. The number of epoxide rings is 1. The quantitative estimate of drug-likeness (QED) is 0.152. The molecule has 1 heterocycles. The fourth-order valence-electron chi connectivity index (χ4n) is 2.92. The van der Waals surface area contributed by atoms with E-state index in [9.17, 15) is 4.79 Å². The molecular weight excluding hydrogens is 352 g/mol. The predicted molar refractivity (Wildman–Crippen MR) is 103 cm³/mol. The summed E-state index contributed by atoms with van der Waals surface area (Å²) in [5.74, 6) is -0.0930. The van der Waals surface area contributed by atoms with Crippen LogP contribution in [0.25, 0.3) is 0 Å². The maximum Gasteiger partial charge on any atom is 0.500 e. The van der Waals surface area contributed by atoms with Gasteiger partial charge >= 0.3 is 14.8 Å². The van der Waals surface area contributed by atoms with Gasteiger partial charge in [-0.3, -0.25) is 4.79 Å². The van der Waals surface area contributed by atoms with E-state index in [1.165, 1.54) is 25.7 Å². The number of carbonyl (C=O) groups is 1. The van der Waals surface area contributed by atoms with Gasteiger partial charge in [-0.1, -0.05) is 32.1 Å². The number of hydrogen-bond donors (Lipinski definition) is 0. The Morgan fingerprint density at radius 1 is 0.885 bits per heavy atom. The van der Waals surface area contributed by atoms with Crippen LogP contribution in [0.3, 0.4) is 0 Å². The van der Waals surface area contributed by atoms with E-state index in [0.717, 1.165) is 31.9 Å². The average molecular weight is 391 g/mol. The number of rotatable bonds is 18. The molecule has 7 heteroatoms. The molecule has 0 amide bonds. The smallest absolute Gasteiger partial charge is 0.463 e. The average Bonchev–Trinajstić information content (AvgIpc) is 3.43. The molecule has 6 nitrogen and oxygen atoms in total. The van der Waals surface area contributed by atoms with Crippen molar-refractivity contribution in [2.45, 2.75) is 84.3 Å². The molecular formula is C19H38O6Si. The van der Waals surface area contributed by atoms with E-state index in [1.54, 1.807) is 0 Å². The Balaban J connectivity index is 1.98. The highest BCUT2D eigenvalue weighted by Crippen LogP contribution is 2.21. The summed E-state index contributed by atoms with van der Waals surface area (Å²) in [5.41, 5.74) is 0. The van der Waals surface area contributed by atoms with E-state index in [-0.39, 0.29) is 12.1 Å². The second-order valence-electron chi connectivity index (χ2n) is 6.60. The molecule has 0 N–H and O–H groups in total. The molecule has 0 aromatic heterocycles. The van der Waals surface area contributed by atoms with E-state index in [1.807, 2.05) is 20.8 Å². The van der Waals surface area contributed by atoms with Gasteiger partial charge in [-0.2, -0.15) is 0 Å². The van der Waals surface area contributed by atoms with Gasteiger partial charge in [0.1, 0.15) is 12.7 Å². The lowest BCUT2D eigenvalue weighted by atomic mass is 10.1. The molecule has 1 unspecified atom stereocenters. The molecule has 0 spiro atoms. The third kappa shape index (κ3) is 11.3. The van der Waals surface area contributed by atoms with Gasteiger partial charge in [0, 0.05) is 32.3 Å². The minimum absolute atomic E-state index is 0.0930. The zero-order chi connectivity index (χ0) is 19.1. The van der Waals surface area contributed by atoms with E-state index in [0.29, 0.717) is 32.8 Å². The van der Waals surface area contributed by atoms with Gasteiger partial charge in [0.2, 0.25) is 0 Å². The topological polar surface area (TPSA) is 66.5 Å². The van der Waals surface area contributed by atoms with Crippen molar-refractivity contribution in [3.8, 4) is 0 Å². The molecule has 1 atom stereocenters. The first-order valence-electron chi connectivity index (χ1n) is 10.3. The van der Waals surface area contributed by atoms with E-state index in [2.05, 4.69) is 0 Å². The number of carbonyl (C=O) groups excluding carboxylic acids is 1. The normalized spacial score (nSPS) is 16.7. The summed E-state index contributed by atoms with van der Waals surface area (Å²) in [6, 6.07) is 0.902. The minimum Gasteiger partial charge on any atom is -0.463 e. The Hall–Kier alpha value is -0.473. The van der Waals surface area contributed by atoms with Crippen molar-refractivity contribution >= 4 is 14.8 Å². The second-order valence-corrected chi connectivity index (χ2v) is 9.33. The monoisotopic (exact) mass is 390 g/mol. The van der Waals surface area contributed by atoms with Crippen LogP contribution in [0, 0.1) is 0 Å². The van der Waals surface area contributed by atoms with Gasteiger partial charge in [0.15, 0.2) is 0 Å². The van der Waals surface area contributed by atoms with E-state index in [4.69, 9.17) is 22.8 Å². The van der Waals surface area contributed by atoms with Crippen LogP contribution in [-0.2, 0) is 27.5 Å². The fourth-order valence-corrected chi connectivity index (χ4v) is 5.60. The van der Waals surface area contributed by atoms with Crippen LogP contribution in [0.5, 0.6) is 0 Å². The zero-order valence-electron chi connectivity index (χ0n) is 16.9. The fraction of sp³-hybridized carbons (Fsp3) is 0.947. The van der Waals surface area contributed by atoms with Crippen LogP contribution in [-0.4, -0.2) is 53.9 Å². The number of unbranched alkanes of at least 4 members (excludes halogenated alkanes) is 6. The molecule has 0 aromatic rings. The van der Waals surface area contributed by atoms with Crippen LogP contribution < -0.4 is 0 Å². The van der Waals surface area contributed by atoms with Crippen LogP contribution in [0.4, 0.5) is 0 Å². The first-order valence-corrected chi connectivity index (χ1v) is 12.3. The lowest BCUT2D eigenvalue weighted by molar-refractivity contribution is -0.144. The van der Waals surface area contributed by atoms with Crippen molar-refractivity contribution in [3.63, 3.8) is 0 Å². The highest BCUT2D eigenvalue weighted by atomic mass is 28.4. The van der Waals surface area contributed by atoms with Crippen LogP contribution in [0.15, 0.2) is 0 Å². The molecule has 0 saturated carbocycles. The number of esters is 1. The van der Waals surface area contributed by atoms with Gasteiger partial charge in [-0.25, -0.2) is 0 Å². The molecule has 0 bridgehead atoms. The maximum atomic E-state index is 11.5. The summed E-state index contributed by atoms with van der Waals surface area (Å²) < 4.78 is 27.8. The third-order valence-electron chi connectivity index (χ3n) is 4.29. The molecule has 1 rings (SSSR count). The molecule has 0 aliphatic carbocycles. The van der Waals surface area contributed by atoms with Crippen molar-refractivity contribution in [2.24, 2.45) is 0 Å². The molecule has 1 aliphatic heterocycles. The predicted octanol–water partition coefficient (Wildman–Crippen LogP) is 4.10. The molecule has 0 radical (unpaired) electrons. The van der Waals surface area contributed by atoms with Crippen molar-refractivity contribution in [3.05, 3.63) is 0 Å². The Morgan fingerprint density at radius 3 is 1.88 bits per heavy atom. The Bertz CT molecular complexity index is 345. The maximum absolute atomic E-state index is 11.5. The van der Waals surface area contributed by atoms with Gasteiger partial charge < -0.3 is 22.8 Å². The molecule has 1 saturated heterocycles. The van der Waals surface area contributed by atoms with E-state index < -0.39 is 8.80 Å². The van der Waals surface area contributed by atoms with Gasteiger partial charge in [0.25, 0.3) is 0 Å². The Kier molecular flexibility index (Phi) is 13.2. The van der Waals surface area contributed by atoms with Crippen LogP contribution >= 0.6 is 0 Å².